The van der Waals surface area contributed by atoms with Gasteiger partial charge in [0.1, 0.15) is 13.7 Å². The van der Waals surface area contributed by atoms with Gasteiger partial charge in [0.15, 0.2) is 5.58 Å². The van der Waals surface area contributed by atoms with E-state index in [4.69, 9.17) is 4.42 Å². The first-order valence-corrected chi connectivity index (χ1v) is 23.4. The Labute approximate surface area is 330 Å². The van der Waals surface area contributed by atoms with Gasteiger partial charge in [0.25, 0.3) is 0 Å². The standard InChI is InChI=1S/C51H45BN2OSi/c1-30-27-36-37(51(4,5)26-25-50(36,2)3)29-40(30)53-41-28-31-15-8-9-16-32(31)45-35-18-14-22-44-47(35)54(39-19-11-13-21-43(39)56(44,6)7)52(46(41)45)38-24-23-34-33-17-10-12-20-42(33)55-49(34)48(38)53/h8-24,27-29H,25-26H2,1-7H3. The van der Waals surface area contributed by atoms with Gasteiger partial charge in [-0.05, 0) is 109 Å². The molecule has 3 nitrogen and oxygen atoms in total. The molecule has 0 N–H and O–H groups in total. The summed E-state index contributed by atoms with van der Waals surface area (Å²) < 4.78 is 7.10. The molecule has 0 bridgehead atoms. The van der Waals surface area contributed by atoms with Crippen LogP contribution in [0.25, 0.3) is 43.8 Å². The first-order chi connectivity index (χ1) is 27.0. The van der Waals surface area contributed by atoms with Crippen molar-refractivity contribution in [2.24, 2.45) is 0 Å². The zero-order chi connectivity index (χ0) is 38.0. The van der Waals surface area contributed by atoms with Gasteiger partial charge >= 0.3 is 6.85 Å². The summed E-state index contributed by atoms with van der Waals surface area (Å²) in [7, 11) is -2.06. The summed E-state index contributed by atoms with van der Waals surface area (Å²) in [6.45, 7) is 17.1. The highest BCUT2D eigenvalue weighted by Gasteiger charge is 2.52. The Morgan fingerprint density at radius 1 is 0.625 bits per heavy atom. The lowest BCUT2D eigenvalue weighted by Gasteiger charge is -2.51. The number of para-hydroxylation sites is 3. The van der Waals surface area contributed by atoms with E-state index in [9.17, 15) is 0 Å². The third-order valence-electron chi connectivity index (χ3n) is 14.4. The van der Waals surface area contributed by atoms with Gasteiger partial charge in [-0.25, -0.2) is 0 Å². The lowest BCUT2D eigenvalue weighted by molar-refractivity contribution is 0.332. The fourth-order valence-corrected chi connectivity index (χ4v) is 14.4. The molecule has 4 heterocycles. The van der Waals surface area contributed by atoms with Crippen LogP contribution in [0.1, 0.15) is 57.2 Å². The van der Waals surface area contributed by atoms with Crippen LogP contribution < -0.4 is 31.0 Å². The first kappa shape index (κ1) is 32.7. The highest BCUT2D eigenvalue weighted by Crippen LogP contribution is 2.54. The van der Waals surface area contributed by atoms with E-state index in [0.29, 0.717) is 0 Å². The Morgan fingerprint density at radius 2 is 1.32 bits per heavy atom. The normalized spacial score (nSPS) is 17.7. The van der Waals surface area contributed by atoms with E-state index in [1.165, 1.54) is 95.5 Å². The largest absolute Gasteiger partial charge is 0.454 e. The van der Waals surface area contributed by atoms with E-state index < -0.39 is 8.07 Å². The predicted molar refractivity (Wildman–Crippen MR) is 242 cm³/mol. The number of benzene rings is 7. The lowest BCUT2D eigenvalue weighted by Crippen LogP contribution is -2.68. The number of hydrogen-bond donors (Lipinski definition) is 0. The third kappa shape index (κ3) is 3.99. The Balaban J connectivity index is 1.28. The van der Waals surface area contributed by atoms with Crippen molar-refractivity contribution in [3.8, 4) is 11.1 Å². The van der Waals surface area contributed by atoms with Crippen molar-refractivity contribution >= 4 is 97.4 Å². The van der Waals surface area contributed by atoms with E-state index >= 15 is 0 Å². The van der Waals surface area contributed by atoms with Gasteiger partial charge < -0.3 is 14.1 Å². The molecule has 0 fully saturated rings. The van der Waals surface area contributed by atoms with Crippen molar-refractivity contribution < 1.29 is 4.42 Å². The van der Waals surface area contributed by atoms with Crippen LogP contribution >= 0.6 is 0 Å². The molecule has 3 aliphatic heterocycles. The van der Waals surface area contributed by atoms with Crippen LogP contribution in [0.2, 0.25) is 13.1 Å². The molecule has 1 aliphatic carbocycles. The van der Waals surface area contributed by atoms with Crippen LogP contribution in [0.15, 0.2) is 126 Å². The maximum absolute atomic E-state index is 7.10. The van der Waals surface area contributed by atoms with Crippen molar-refractivity contribution in [2.45, 2.75) is 71.4 Å². The second-order valence-electron chi connectivity index (χ2n) is 18.8. The summed E-state index contributed by atoms with van der Waals surface area (Å²) in [6.07, 6.45) is 2.36. The number of fused-ring (bicyclic) bond motifs is 13. The Morgan fingerprint density at radius 3 is 2.14 bits per heavy atom. The van der Waals surface area contributed by atoms with Crippen LogP contribution in [0.5, 0.6) is 0 Å². The minimum atomic E-state index is -2.06. The molecule has 0 amide bonds. The average molecular weight is 741 g/mol. The molecule has 0 spiro atoms. The van der Waals surface area contributed by atoms with Crippen LogP contribution in [0, 0.1) is 6.92 Å². The fourth-order valence-electron chi connectivity index (χ4n) is 11.3. The zero-order valence-electron chi connectivity index (χ0n) is 33.3. The van der Waals surface area contributed by atoms with Crippen molar-refractivity contribution in [1.82, 2.24) is 0 Å². The summed E-state index contributed by atoms with van der Waals surface area (Å²) in [5.41, 5.74) is 18.1. The van der Waals surface area contributed by atoms with Gasteiger partial charge in [-0.15, -0.1) is 0 Å². The SMILES string of the molecule is Cc1cc2c(cc1N1c3cc4ccccc4c4c3B(c3ccc5c(oc6ccccc65)c31)N1c3ccccc3[Si](C)(C)c3cccc-4c31)C(C)(C)CCC2(C)C. The smallest absolute Gasteiger partial charge is 0.333 e. The number of nitrogens with zero attached hydrogens (tertiary/aromatic N) is 2. The molecule has 8 aromatic rings. The molecular formula is C51H45BN2OSi. The molecule has 56 heavy (non-hydrogen) atoms. The topological polar surface area (TPSA) is 19.6 Å². The first-order valence-electron chi connectivity index (χ1n) is 20.4. The number of rotatable bonds is 1. The fraction of sp³-hybridized carbons (Fsp3) is 0.216. The van der Waals surface area contributed by atoms with Gasteiger partial charge in [-0.1, -0.05) is 138 Å². The Hall–Kier alpha value is -5.52. The highest BCUT2D eigenvalue weighted by molar-refractivity contribution is 7.05. The van der Waals surface area contributed by atoms with Crippen molar-refractivity contribution in [3.63, 3.8) is 0 Å². The van der Waals surface area contributed by atoms with Gasteiger partial charge in [0, 0.05) is 39.1 Å². The zero-order valence-corrected chi connectivity index (χ0v) is 34.3. The van der Waals surface area contributed by atoms with Crippen molar-refractivity contribution in [1.29, 1.82) is 0 Å². The molecule has 0 unspecified atom stereocenters. The minimum absolute atomic E-state index is 0.0540. The van der Waals surface area contributed by atoms with Gasteiger partial charge in [-0.3, -0.25) is 0 Å². The van der Waals surface area contributed by atoms with Crippen LogP contribution in [0.4, 0.5) is 28.4 Å². The molecule has 0 saturated carbocycles. The summed E-state index contributed by atoms with van der Waals surface area (Å²) in [5.74, 6) is 0. The van der Waals surface area contributed by atoms with E-state index in [1.807, 2.05) is 0 Å². The molecule has 12 rings (SSSR count). The third-order valence-corrected chi connectivity index (χ3v) is 17.9. The van der Waals surface area contributed by atoms with Gasteiger partial charge in [0.05, 0.1) is 5.69 Å². The van der Waals surface area contributed by atoms with Crippen molar-refractivity contribution in [3.05, 3.63) is 138 Å². The van der Waals surface area contributed by atoms with Gasteiger partial charge in [-0.2, -0.15) is 0 Å². The average Bonchev–Trinajstić information content (AvgIpc) is 3.58. The number of aryl methyl sites for hydroxylation is 1. The summed E-state index contributed by atoms with van der Waals surface area (Å²) in [6, 6.07) is 46.5. The van der Waals surface area contributed by atoms with E-state index in [2.05, 4.69) is 179 Å². The van der Waals surface area contributed by atoms with Crippen molar-refractivity contribution in [2.75, 3.05) is 9.71 Å². The maximum atomic E-state index is 7.10. The number of anilines is 5. The second kappa shape index (κ2) is 10.7. The predicted octanol–water partition coefficient (Wildman–Crippen LogP) is 11.2. The molecule has 0 atom stereocenters. The monoisotopic (exact) mass is 740 g/mol. The number of furan rings is 1. The molecular weight excluding hydrogens is 695 g/mol. The molecule has 272 valence electrons. The Bertz CT molecular complexity index is 3060. The van der Waals surface area contributed by atoms with E-state index in [1.54, 1.807) is 0 Å². The van der Waals surface area contributed by atoms with Crippen LogP contribution in [-0.2, 0) is 10.8 Å². The summed E-state index contributed by atoms with van der Waals surface area (Å²) in [5, 5.41) is 7.92. The molecule has 1 aromatic heterocycles. The van der Waals surface area contributed by atoms with Crippen LogP contribution in [0.3, 0.4) is 0 Å². The molecule has 0 radical (unpaired) electrons. The molecule has 0 saturated heterocycles. The van der Waals surface area contributed by atoms with Gasteiger partial charge in [0.2, 0.25) is 0 Å². The molecule has 4 aliphatic rings. The second-order valence-corrected chi connectivity index (χ2v) is 23.1. The van der Waals surface area contributed by atoms with E-state index in [0.717, 1.165) is 27.6 Å². The van der Waals surface area contributed by atoms with E-state index in [-0.39, 0.29) is 17.7 Å². The maximum Gasteiger partial charge on any atom is 0.333 e. The quantitative estimate of drug-likeness (QED) is 0.156. The number of hydrogen-bond acceptors (Lipinski definition) is 3. The van der Waals surface area contributed by atoms with Crippen LogP contribution in [-0.4, -0.2) is 14.9 Å². The lowest BCUT2D eigenvalue weighted by atomic mass is 9.43. The minimum Gasteiger partial charge on any atom is -0.454 e. The molecule has 5 heteroatoms. The highest BCUT2D eigenvalue weighted by atomic mass is 28.3. The summed E-state index contributed by atoms with van der Waals surface area (Å²) >= 11 is 0. The summed E-state index contributed by atoms with van der Waals surface area (Å²) in [4.78, 5) is 5.35. The molecule has 7 aromatic carbocycles. The Kier molecular flexibility index (Phi) is 6.22.